The second kappa shape index (κ2) is 4.10. The fourth-order valence-corrected chi connectivity index (χ4v) is 1.63. The Morgan fingerprint density at radius 3 is 2.44 bits per heavy atom. The first-order chi connectivity index (χ1) is 7.58. The molecule has 0 unspecified atom stereocenters. The van der Waals surface area contributed by atoms with Crippen molar-refractivity contribution in [2.45, 2.75) is 0 Å². The average molecular weight is 240 g/mol. The van der Waals surface area contributed by atoms with Gasteiger partial charge in [-0.3, -0.25) is 0 Å². The van der Waals surface area contributed by atoms with Crippen LogP contribution < -0.4 is 5.73 Å². The maximum atomic E-state index is 13.6. The van der Waals surface area contributed by atoms with Gasteiger partial charge in [0.1, 0.15) is 11.6 Å². The number of rotatable bonds is 1. The lowest BCUT2D eigenvalue weighted by Gasteiger charge is -2.06. The van der Waals surface area contributed by atoms with Crippen LogP contribution in [0.5, 0.6) is 0 Å². The Balaban J connectivity index is 2.60. The summed E-state index contributed by atoms with van der Waals surface area (Å²) in [5, 5.41) is 0.467. The van der Waals surface area contributed by atoms with Gasteiger partial charge in [0.15, 0.2) is 0 Å². The lowest BCUT2D eigenvalue weighted by molar-refractivity contribution is 0.607. The summed E-state index contributed by atoms with van der Waals surface area (Å²) in [4.78, 5) is 0. The van der Waals surface area contributed by atoms with Crippen molar-refractivity contribution in [3.8, 4) is 11.1 Å². The molecule has 2 aromatic rings. The van der Waals surface area contributed by atoms with Gasteiger partial charge in [-0.05, 0) is 23.8 Å². The minimum atomic E-state index is -0.642. The molecule has 0 atom stereocenters. The Kier molecular flexibility index (Phi) is 2.79. The second-order valence-corrected chi connectivity index (χ2v) is 3.80. The molecule has 2 rings (SSSR count). The van der Waals surface area contributed by atoms with E-state index in [1.54, 1.807) is 24.3 Å². The number of benzene rings is 2. The first-order valence-corrected chi connectivity index (χ1v) is 4.96. The molecule has 0 bridgehead atoms. The lowest BCUT2D eigenvalue weighted by atomic mass is 10.0. The van der Waals surface area contributed by atoms with E-state index in [1.807, 2.05) is 0 Å². The van der Waals surface area contributed by atoms with Crippen LogP contribution in [-0.2, 0) is 0 Å². The molecule has 0 spiro atoms. The topological polar surface area (TPSA) is 26.0 Å². The summed E-state index contributed by atoms with van der Waals surface area (Å²) in [5.41, 5.74) is 5.72. The molecule has 0 saturated heterocycles. The summed E-state index contributed by atoms with van der Waals surface area (Å²) in [6.45, 7) is 0. The van der Waals surface area contributed by atoms with Gasteiger partial charge in [0, 0.05) is 16.7 Å². The molecule has 0 aliphatic heterocycles. The van der Waals surface area contributed by atoms with Crippen molar-refractivity contribution in [2.24, 2.45) is 0 Å². The van der Waals surface area contributed by atoms with Crippen LogP contribution in [0.1, 0.15) is 0 Å². The molecule has 2 N–H and O–H groups in total. The van der Waals surface area contributed by atoms with Gasteiger partial charge in [0.2, 0.25) is 0 Å². The Labute approximate surface area is 96.5 Å². The fourth-order valence-electron chi connectivity index (χ4n) is 1.44. The molecule has 0 heterocycles. The minimum Gasteiger partial charge on any atom is -0.396 e. The SMILES string of the molecule is Nc1cc(F)c(-c2cccc(Cl)c2)cc1F. The monoisotopic (exact) mass is 239 g/mol. The van der Waals surface area contributed by atoms with Crippen LogP contribution in [-0.4, -0.2) is 0 Å². The molecule has 0 saturated carbocycles. The zero-order valence-corrected chi connectivity index (χ0v) is 8.93. The maximum Gasteiger partial charge on any atom is 0.146 e. The lowest BCUT2D eigenvalue weighted by Crippen LogP contribution is -1.94. The first kappa shape index (κ1) is 10.9. The van der Waals surface area contributed by atoms with Crippen LogP contribution >= 0.6 is 11.6 Å². The smallest absolute Gasteiger partial charge is 0.146 e. The van der Waals surface area contributed by atoms with Crippen LogP contribution in [0, 0.1) is 11.6 Å². The highest BCUT2D eigenvalue weighted by atomic mass is 35.5. The van der Waals surface area contributed by atoms with Crippen molar-refractivity contribution in [3.05, 3.63) is 53.1 Å². The van der Waals surface area contributed by atoms with Crippen molar-refractivity contribution in [3.63, 3.8) is 0 Å². The minimum absolute atomic E-state index is 0.147. The Morgan fingerprint density at radius 1 is 1.00 bits per heavy atom. The van der Waals surface area contributed by atoms with Crippen molar-refractivity contribution in [1.29, 1.82) is 0 Å². The molecule has 0 aliphatic carbocycles. The van der Waals surface area contributed by atoms with E-state index in [2.05, 4.69) is 0 Å². The van der Waals surface area contributed by atoms with Crippen molar-refractivity contribution >= 4 is 17.3 Å². The quantitative estimate of drug-likeness (QED) is 0.751. The van der Waals surface area contributed by atoms with Crippen LogP contribution in [0.25, 0.3) is 11.1 Å². The van der Waals surface area contributed by atoms with Gasteiger partial charge in [0.05, 0.1) is 5.69 Å². The van der Waals surface area contributed by atoms with E-state index in [0.29, 0.717) is 10.6 Å². The predicted octanol–water partition coefficient (Wildman–Crippen LogP) is 3.87. The third kappa shape index (κ3) is 1.99. The van der Waals surface area contributed by atoms with Gasteiger partial charge in [-0.2, -0.15) is 0 Å². The number of anilines is 1. The molecule has 2 aromatic carbocycles. The summed E-state index contributed by atoms with van der Waals surface area (Å²) >= 11 is 5.78. The van der Waals surface area contributed by atoms with Gasteiger partial charge in [-0.25, -0.2) is 8.78 Å². The van der Waals surface area contributed by atoms with E-state index in [-0.39, 0.29) is 11.3 Å². The molecule has 0 fully saturated rings. The van der Waals surface area contributed by atoms with E-state index in [4.69, 9.17) is 17.3 Å². The van der Waals surface area contributed by atoms with E-state index in [9.17, 15) is 8.78 Å². The van der Waals surface area contributed by atoms with Crippen molar-refractivity contribution < 1.29 is 8.78 Å². The molecular formula is C12H8ClF2N. The van der Waals surface area contributed by atoms with Crippen LogP contribution in [0.15, 0.2) is 36.4 Å². The highest BCUT2D eigenvalue weighted by Crippen LogP contribution is 2.28. The van der Waals surface area contributed by atoms with Crippen molar-refractivity contribution in [2.75, 3.05) is 5.73 Å². The van der Waals surface area contributed by atoms with E-state index in [0.717, 1.165) is 12.1 Å². The molecule has 82 valence electrons. The van der Waals surface area contributed by atoms with Crippen molar-refractivity contribution in [1.82, 2.24) is 0 Å². The summed E-state index contributed by atoms with van der Waals surface area (Å²) < 4.78 is 26.8. The van der Waals surface area contributed by atoms with Gasteiger partial charge in [-0.1, -0.05) is 23.7 Å². The molecule has 0 amide bonds. The Hall–Kier alpha value is -1.61. The van der Waals surface area contributed by atoms with E-state index >= 15 is 0 Å². The number of halogens is 3. The van der Waals surface area contributed by atoms with Gasteiger partial charge in [0.25, 0.3) is 0 Å². The highest BCUT2D eigenvalue weighted by molar-refractivity contribution is 6.30. The summed E-state index contributed by atoms with van der Waals surface area (Å²) in [6, 6.07) is 8.58. The third-order valence-corrected chi connectivity index (χ3v) is 2.46. The zero-order valence-electron chi connectivity index (χ0n) is 8.18. The standard InChI is InChI=1S/C12H8ClF2N/c13-8-3-1-2-7(4-8)9-5-11(15)12(16)6-10(9)14/h1-6H,16H2. The highest BCUT2D eigenvalue weighted by Gasteiger charge is 2.09. The Bertz CT molecular complexity index is 541. The van der Waals surface area contributed by atoms with Crippen LogP contribution in [0.4, 0.5) is 14.5 Å². The number of nitrogens with two attached hydrogens (primary N) is 1. The molecule has 1 nitrogen and oxygen atoms in total. The fraction of sp³-hybridized carbons (Fsp3) is 0. The molecular weight excluding hydrogens is 232 g/mol. The molecule has 4 heteroatoms. The van der Waals surface area contributed by atoms with Gasteiger partial charge >= 0.3 is 0 Å². The summed E-state index contributed by atoms with van der Waals surface area (Å²) in [5.74, 6) is -1.21. The van der Waals surface area contributed by atoms with Crippen LogP contribution in [0.2, 0.25) is 5.02 Å². The molecule has 0 radical (unpaired) electrons. The second-order valence-electron chi connectivity index (χ2n) is 3.36. The maximum absolute atomic E-state index is 13.6. The Morgan fingerprint density at radius 2 is 1.75 bits per heavy atom. The van der Waals surface area contributed by atoms with Gasteiger partial charge < -0.3 is 5.73 Å². The summed E-state index contributed by atoms with van der Waals surface area (Å²) in [7, 11) is 0. The normalized spacial score (nSPS) is 10.4. The van der Waals surface area contributed by atoms with Gasteiger partial charge in [-0.15, -0.1) is 0 Å². The average Bonchev–Trinajstić information content (AvgIpc) is 2.23. The largest absolute Gasteiger partial charge is 0.396 e. The third-order valence-electron chi connectivity index (χ3n) is 2.22. The summed E-state index contributed by atoms with van der Waals surface area (Å²) in [6.07, 6.45) is 0. The first-order valence-electron chi connectivity index (χ1n) is 4.58. The predicted molar refractivity (Wildman–Crippen MR) is 61.2 cm³/mol. The molecule has 16 heavy (non-hydrogen) atoms. The number of nitrogen functional groups attached to an aromatic ring is 1. The number of hydrogen-bond acceptors (Lipinski definition) is 1. The van der Waals surface area contributed by atoms with E-state index in [1.165, 1.54) is 0 Å². The van der Waals surface area contributed by atoms with E-state index < -0.39 is 11.6 Å². The molecule has 0 aromatic heterocycles. The zero-order chi connectivity index (χ0) is 11.7. The molecule has 0 aliphatic rings. The number of hydrogen-bond donors (Lipinski definition) is 1. The van der Waals surface area contributed by atoms with Crippen LogP contribution in [0.3, 0.4) is 0 Å².